The molecule has 1 saturated heterocycles. The minimum atomic E-state index is -0.0228. The topological polar surface area (TPSA) is 61.4 Å². The molecular weight excluding hydrogens is 278 g/mol. The van der Waals surface area contributed by atoms with Gasteiger partial charge in [0.25, 0.3) is 0 Å². The Hall–Kier alpha value is -1.88. The molecule has 0 bridgehead atoms. The number of rotatable bonds is 7. The first-order chi connectivity index (χ1) is 10.6. The molecule has 1 aliphatic rings. The molecule has 1 aromatic carbocycles. The van der Waals surface area contributed by atoms with Crippen LogP contribution in [-0.4, -0.2) is 32.0 Å². The van der Waals surface area contributed by atoms with Crippen LogP contribution < -0.4 is 15.5 Å². The van der Waals surface area contributed by atoms with Crippen molar-refractivity contribution in [1.82, 2.24) is 10.6 Å². The van der Waals surface area contributed by atoms with Crippen LogP contribution in [0.1, 0.15) is 44.2 Å². The number of benzene rings is 1. The standard InChI is InChI=1S/C17H25N3O2/c1-13(19-16(21)5-3-11-18-2)14-7-9-15(10-8-14)20-12-4-6-17(20)22/h7-10,13,18H,3-6,11-12H2,1-2H3,(H,19,21). The Morgan fingerprint density at radius 1 is 1.32 bits per heavy atom. The molecular formula is C17H25N3O2. The normalized spacial score (nSPS) is 15.9. The molecule has 1 atom stereocenters. The predicted octanol–water partition coefficient (Wildman–Crippen LogP) is 1.99. The molecule has 1 heterocycles. The third-order valence-electron chi connectivity index (χ3n) is 3.99. The van der Waals surface area contributed by atoms with E-state index in [9.17, 15) is 9.59 Å². The Morgan fingerprint density at radius 3 is 2.64 bits per heavy atom. The molecule has 1 fully saturated rings. The van der Waals surface area contributed by atoms with Crippen molar-refractivity contribution in [1.29, 1.82) is 0 Å². The van der Waals surface area contributed by atoms with Crippen molar-refractivity contribution in [3.05, 3.63) is 29.8 Å². The van der Waals surface area contributed by atoms with E-state index in [0.29, 0.717) is 12.8 Å². The molecule has 1 unspecified atom stereocenters. The molecule has 1 aliphatic heterocycles. The van der Waals surface area contributed by atoms with Gasteiger partial charge in [0.05, 0.1) is 6.04 Å². The fourth-order valence-electron chi connectivity index (χ4n) is 2.69. The molecule has 120 valence electrons. The molecule has 2 N–H and O–H groups in total. The van der Waals surface area contributed by atoms with Gasteiger partial charge >= 0.3 is 0 Å². The zero-order valence-electron chi connectivity index (χ0n) is 13.4. The van der Waals surface area contributed by atoms with E-state index in [1.807, 2.05) is 43.1 Å². The first-order valence-electron chi connectivity index (χ1n) is 7.96. The molecule has 0 saturated carbocycles. The molecule has 5 heteroatoms. The minimum Gasteiger partial charge on any atom is -0.350 e. The Morgan fingerprint density at radius 2 is 2.05 bits per heavy atom. The van der Waals surface area contributed by atoms with E-state index in [1.54, 1.807) is 0 Å². The van der Waals surface area contributed by atoms with Crippen molar-refractivity contribution >= 4 is 17.5 Å². The van der Waals surface area contributed by atoms with Gasteiger partial charge in [-0.1, -0.05) is 12.1 Å². The van der Waals surface area contributed by atoms with Gasteiger partial charge in [-0.25, -0.2) is 0 Å². The molecule has 1 aromatic rings. The van der Waals surface area contributed by atoms with Gasteiger partial charge < -0.3 is 15.5 Å². The van der Waals surface area contributed by atoms with Crippen LogP contribution in [0.5, 0.6) is 0 Å². The Labute approximate surface area is 132 Å². The van der Waals surface area contributed by atoms with Crippen molar-refractivity contribution in [3.63, 3.8) is 0 Å². The zero-order chi connectivity index (χ0) is 15.9. The van der Waals surface area contributed by atoms with Crippen molar-refractivity contribution in [2.24, 2.45) is 0 Å². The highest BCUT2D eigenvalue weighted by molar-refractivity contribution is 5.95. The van der Waals surface area contributed by atoms with E-state index in [-0.39, 0.29) is 17.9 Å². The number of anilines is 1. The zero-order valence-corrected chi connectivity index (χ0v) is 13.4. The maximum atomic E-state index is 11.8. The van der Waals surface area contributed by atoms with Crippen molar-refractivity contribution in [3.8, 4) is 0 Å². The summed E-state index contributed by atoms with van der Waals surface area (Å²) in [5.41, 5.74) is 2.00. The summed E-state index contributed by atoms with van der Waals surface area (Å²) >= 11 is 0. The highest BCUT2D eigenvalue weighted by atomic mass is 16.2. The second kappa shape index (κ2) is 7.94. The van der Waals surface area contributed by atoms with Crippen LogP contribution in [0.25, 0.3) is 0 Å². The monoisotopic (exact) mass is 303 g/mol. The summed E-state index contributed by atoms with van der Waals surface area (Å²) in [5, 5.41) is 6.04. The van der Waals surface area contributed by atoms with E-state index < -0.39 is 0 Å². The van der Waals surface area contributed by atoms with E-state index in [1.165, 1.54) is 0 Å². The molecule has 22 heavy (non-hydrogen) atoms. The Balaban J connectivity index is 1.89. The smallest absolute Gasteiger partial charge is 0.227 e. The minimum absolute atomic E-state index is 0.0228. The van der Waals surface area contributed by atoms with Crippen LogP contribution in [0.15, 0.2) is 24.3 Å². The van der Waals surface area contributed by atoms with Crippen molar-refractivity contribution < 1.29 is 9.59 Å². The number of nitrogens with one attached hydrogen (secondary N) is 2. The van der Waals surface area contributed by atoms with Gasteiger partial charge in [0.1, 0.15) is 0 Å². The number of hydrogen-bond acceptors (Lipinski definition) is 3. The molecule has 0 radical (unpaired) electrons. The summed E-state index contributed by atoms with van der Waals surface area (Å²) in [6.45, 7) is 3.63. The van der Waals surface area contributed by atoms with Gasteiger partial charge in [0, 0.05) is 25.1 Å². The lowest BCUT2D eigenvalue weighted by atomic mass is 10.1. The van der Waals surface area contributed by atoms with E-state index in [2.05, 4.69) is 10.6 Å². The van der Waals surface area contributed by atoms with Gasteiger partial charge in [-0.2, -0.15) is 0 Å². The van der Waals surface area contributed by atoms with Crippen LogP contribution in [0.2, 0.25) is 0 Å². The predicted molar refractivity (Wildman–Crippen MR) is 87.7 cm³/mol. The van der Waals surface area contributed by atoms with Crippen LogP contribution in [0, 0.1) is 0 Å². The highest BCUT2D eigenvalue weighted by Crippen LogP contribution is 2.23. The average Bonchev–Trinajstić information content (AvgIpc) is 2.94. The van der Waals surface area contributed by atoms with Gasteiger partial charge in [0.15, 0.2) is 0 Å². The molecule has 0 spiro atoms. The van der Waals surface area contributed by atoms with E-state index in [4.69, 9.17) is 0 Å². The summed E-state index contributed by atoms with van der Waals surface area (Å²) in [4.78, 5) is 25.4. The lowest BCUT2D eigenvalue weighted by molar-refractivity contribution is -0.121. The first kappa shape index (κ1) is 16.5. The van der Waals surface area contributed by atoms with Crippen LogP contribution in [-0.2, 0) is 9.59 Å². The van der Waals surface area contributed by atoms with Gasteiger partial charge in [-0.3, -0.25) is 9.59 Å². The second-order valence-corrected chi connectivity index (χ2v) is 5.74. The SMILES string of the molecule is CNCCCC(=O)NC(C)c1ccc(N2CCCC2=O)cc1. The molecule has 5 nitrogen and oxygen atoms in total. The van der Waals surface area contributed by atoms with Crippen LogP contribution in [0.4, 0.5) is 5.69 Å². The summed E-state index contributed by atoms with van der Waals surface area (Å²) in [6.07, 6.45) is 2.94. The Kier molecular flexibility index (Phi) is 5.95. The third-order valence-corrected chi connectivity index (χ3v) is 3.99. The number of hydrogen-bond donors (Lipinski definition) is 2. The largest absolute Gasteiger partial charge is 0.350 e. The summed E-state index contributed by atoms with van der Waals surface area (Å²) in [5.74, 6) is 0.264. The van der Waals surface area contributed by atoms with Gasteiger partial charge in [-0.05, 0) is 51.1 Å². The average molecular weight is 303 g/mol. The molecule has 0 aromatic heterocycles. The number of amides is 2. The number of carbonyl (C=O) groups is 2. The van der Waals surface area contributed by atoms with Gasteiger partial charge in [-0.15, -0.1) is 0 Å². The van der Waals surface area contributed by atoms with Crippen molar-refractivity contribution in [2.45, 2.75) is 38.6 Å². The summed E-state index contributed by atoms with van der Waals surface area (Å²) in [6, 6.07) is 7.87. The third kappa shape index (κ3) is 4.31. The fourth-order valence-corrected chi connectivity index (χ4v) is 2.69. The fraction of sp³-hybridized carbons (Fsp3) is 0.529. The summed E-state index contributed by atoms with van der Waals surface area (Å²) in [7, 11) is 1.88. The lowest BCUT2D eigenvalue weighted by Crippen LogP contribution is -2.27. The molecule has 2 amide bonds. The van der Waals surface area contributed by atoms with E-state index >= 15 is 0 Å². The van der Waals surface area contributed by atoms with E-state index in [0.717, 1.165) is 37.2 Å². The number of carbonyl (C=O) groups excluding carboxylic acids is 2. The number of nitrogens with zero attached hydrogens (tertiary/aromatic N) is 1. The second-order valence-electron chi connectivity index (χ2n) is 5.74. The maximum Gasteiger partial charge on any atom is 0.227 e. The van der Waals surface area contributed by atoms with Crippen LogP contribution in [0.3, 0.4) is 0 Å². The van der Waals surface area contributed by atoms with Crippen molar-refractivity contribution in [2.75, 3.05) is 25.0 Å². The molecule has 0 aliphatic carbocycles. The summed E-state index contributed by atoms with van der Waals surface area (Å²) < 4.78 is 0. The maximum absolute atomic E-state index is 11.8. The lowest BCUT2D eigenvalue weighted by Gasteiger charge is -2.18. The van der Waals surface area contributed by atoms with Gasteiger partial charge in [0.2, 0.25) is 11.8 Å². The Bertz CT molecular complexity index is 513. The molecule has 2 rings (SSSR count). The quantitative estimate of drug-likeness (QED) is 0.757. The first-order valence-corrected chi connectivity index (χ1v) is 7.96. The highest BCUT2D eigenvalue weighted by Gasteiger charge is 2.21. The van der Waals surface area contributed by atoms with Crippen LogP contribution >= 0.6 is 0 Å².